The summed E-state index contributed by atoms with van der Waals surface area (Å²) in [5, 5.41) is 5.34. The van der Waals surface area contributed by atoms with Gasteiger partial charge in [0, 0.05) is 10.7 Å². The predicted octanol–water partition coefficient (Wildman–Crippen LogP) is 3.27. The van der Waals surface area contributed by atoms with Crippen molar-refractivity contribution in [2.24, 2.45) is 0 Å². The molecule has 19 heavy (non-hydrogen) atoms. The molecule has 96 valence electrons. The second-order valence-corrected chi connectivity index (χ2v) is 4.92. The van der Waals surface area contributed by atoms with Gasteiger partial charge in [0.05, 0.1) is 12.1 Å². The first-order chi connectivity index (χ1) is 9.22. The van der Waals surface area contributed by atoms with Gasteiger partial charge in [-0.2, -0.15) is 0 Å². The summed E-state index contributed by atoms with van der Waals surface area (Å²) in [5.41, 5.74) is 0.835. The van der Waals surface area contributed by atoms with Crippen molar-refractivity contribution in [2.45, 2.75) is 6.54 Å². The quantitative estimate of drug-likeness (QED) is 0.893. The number of pyridine rings is 1. The molecule has 2 heterocycles. The Morgan fingerprint density at radius 3 is 3.05 bits per heavy atom. The Balaban J connectivity index is 1.94. The predicted molar refractivity (Wildman–Crippen MR) is 74.3 cm³/mol. The number of rotatable bonds is 2. The number of hydrogen-bond acceptors (Lipinski definition) is 3. The van der Waals surface area contributed by atoms with Crippen LogP contribution in [0.15, 0.2) is 41.0 Å². The van der Waals surface area contributed by atoms with E-state index in [0.29, 0.717) is 18.1 Å². The summed E-state index contributed by atoms with van der Waals surface area (Å²) in [7, 11) is 0. The molecule has 1 aromatic carbocycles. The fourth-order valence-corrected chi connectivity index (χ4v) is 2.20. The molecule has 0 unspecified atom stereocenters. The van der Waals surface area contributed by atoms with E-state index in [1.807, 2.05) is 24.3 Å². The third kappa shape index (κ3) is 2.53. The van der Waals surface area contributed by atoms with Gasteiger partial charge in [-0.3, -0.25) is 5.32 Å². The van der Waals surface area contributed by atoms with Gasteiger partial charge in [0.15, 0.2) is 0 Å². The van der Waals surface area contributed by atoms with Crippen LogP contribution < -0.4 is 15.4 Å². The number of halogens is 1. The van der Waals surface area contributed by atoms with Crippen LogP contribution in [0.1, 0.15) is 5.56 Å². The van der Waals surface area contributed by atoms with Crippen molar-refractivity contribution in [2.75, 3.05) is 5.32 Å². The van der Waals surface area contributed by atoms with Gasteiger partial charge in [0.25, 0.3) is 0 Å². The average molecular weight is 320 g/mol. The third-order valence-corrected chi connectivity index (χ3v) is 3.19. The van der Waals surface area contributed by atoms with E-state index < -0.39 is 0 Å². The van der Waals surface area contributed by atoms with Crippen molar-refractivity contribution in [3.05, 3.63) is 46.6 Å². The minimum atomic E-state index is -0.250. The number of hydrogen-bond donors (Lipinski definition) is 2. The van der Waals surface area contributed by atoms with Gasteiger partial charge in [-0.15, -0.1) is 0 Å². The lowest BCUT2D eigenvalue weighted by Crippen LogP contribution is -2.34. The molecule has 0 aliphatic carbocycles. The Labute approximate surface area is 118 Å². The van der Waals surface area contributed by atoms with E-state index in [4.69, 9.17) is 4.74 Å². The zero-order valence-corrected chi connectivity index (χ0v) is 11.4. The minimum Gasteiger partial charge on any atom is -0.457 e. The van der Waals surface area contributed by atoms with Crippen LogP contribution in [0.3, 0.4) is 0 Å². The van der Waals surface area contributed by atoms with E-state index in [1.54, 1.807) is 12.3 Å². The summed E-state index contributed by atoms with van der Waals surface area (Å²) in [6.07, 6.45) is 1.61. The van der Waals surface area contributed by atoms with E-state index in [1.165, 1.54) is 0 Å². The summed E-state index contributed by atoms with van der Waals surface area (Å²) in [5.74, 6) is 1.94. The molecule has 1 aliphatic heterocycles. The minimum absolute atomic E-state index is 0.250. The van der Waals surface area contributed by atoms with E-state index in [9.17, 15) is 4.79 Å². The first-order valence-corrected chi connectivity index (χ1v) is 6.48. The lowest BCUT2D eigenvalue weighted by molar-refractivity contribution is 0.250. The Kier molecular flexibility index (Phi) is 3.08. The van der Waals surface area contributed by atoms with Gasteiger partial charge in [0.1, 0.15) is 17.3 Å². The summed E-state index contributed by atoms with van der Waals surface area (Å²) in [6, 6.07) is 9.09. The monoisotopic (exact) mass is 319 g/mol. The highest BCUT2D eigenvalue weighted by Crippen LogP contribution is 2.31. The summed E-state index contributed by atoms with van der Waals surface area (Å²) in [4.78, 5) is 15.4. The van der Waals surface area contributed by atoms with Crippen LogP contribution in [-0.2, 0) is 6.54 Å². The lowest BCUT2D eigenvalue weighted by Gasteiger charge is -2.19. The number of nitrogens with one attached hydrogen (secondary N) is 2. The van der Waals surface area contributed by atoms with Crippen LogP contribution in [0.5, 0.6) is 11.5 Å². The molecule has 0 spiro atoms. The number of anilines is 1. The molecule has 2 aromatic rings. The van der Waals surface area contributed by atoms with E-state index in [0.717, 1.165) is 15.8 Å². The zero-order chi connectivity index (χ0) is 13.2. The maximum atomic E-state index is 11.2. The molecule has 1 aliphatic rings. The Morgan fingerprint density at radius 2 is 2.21 bits per heavy atom. The van der Waals surface area contributed by atoms with Gasteiger partial charge in [-0.05, 0) is 24.3 Å². The van der Waals surface area contributed by atoms with Gasteiger partial charge in [0.2, 0.25) is 0 Å². The van der Waals surface area contributed by atoms with Crippen LogP contribution in [-0.4, -0.2) is 11.0 Å². The van der Waals surface area contributed by atoms with Gasteiger partial charge in [-0.25, -0.2) is 9.78 Å². The largest absolute Gasteiger partial charge is 0.457 e. The Bertz CT molecular complexity index is 646. The van der Waals surface area contributed by atoms with E-state index in [-0.39, 0.29) is 6.03 Å². The third-order valence-electron chi connectivity index (χ3n) is 2.69. The first-order valence-electron chi connectivity index (χ1n) is 5.68. The number of carbonyl (C=O) groups excluding carboxylic acids is 1. The fraction of sp³-hybridized carbons (Fsp3) is 0.0769. The summed E-state index contributed by atoms with van der Waals surface area (Å²) >= 11 is 3.40. The number of benzene rings is 1. The number of ether oxygens (including phenoxy) is 1. The first kappa shape index (κ1) is 12.0. The maximum absolute atomic E-state index is 11.2. The molecule has 0 radical (unpaired) electrons. The molecule has 0 saturated heterocycles. The van der Waals surface area contributed by atoms with Crippen molar-refractivity contribution >= 4 is 27.8 Å². The molecule has 0 atom stereocenters. The van der Waals surface area contributed by atoms with Gasteiger partial charge < -0.3 is 10.1 Å². The molecule has 5 nitrogen and oxygen atoms in total. The van der Waals surface area contributed by atoms with Gasteiger partial charge in [-0.1, -0.05) is 22.0 Å². The Morgan fingerprint density at radius 1 is 1.32 bits per heavy atom. The highest BCUT2D eigenvalue weighted by atomic mass is 79.9. The molecule has 0 saturated carbocycles. The second-order valence-electron chi connectivity index (χ2n) is 4.00. The number of nitrogens with zero attached hydrogens (tertiary/aromatic N) is 1. The van der Waals surface area contributed by atoms with Crippen LogP contribution in [0, 0.1) is 0 Å². The number of aromatic nitrogens is 1. The van der Waals surface area contributed by atoms with Crippen LogP contribution in [0.2, 0.25) is 0 Å². The highest BCUT2D eigenvalue weighted by Gasteiger charge is 2.19. The van der Waals surface area contributed by atoms with Gasteiger partial charge >= 0.3 is 6.03 Å². The van der Waals surface area contributed by atoms with Crippen molar-refractivity contribution in [1.29, 1.82) is 0 Å². The van der Waals surface area contributed by atoms with E-state index >= 15 is 0 Å². The molecule has 2 amide bonds. The maximum Gasteiger partial charge on any atom is 0.320 e. The van der Waals surface area contributed by atoms with Crippen molar-refractivity contribution in [3.8, 4) is 11.5 Å². The van der Waals surface area contributed by atoms with Crippen molar-refractivity contribution in [1.82, 2.24) is 10.3 Å². The van der Waals surface area contributed by atoms with E-state index in [2.05, 4.69) is 31.5 Å². The highest BCUT2D eigenvalue weighted by molar-refractivity contribution is 9.10. The Hall–Kier alpha value is -2.08. The van der Waals surface area contributed by atoms with Crippen LogP contribution in [0.25, 0.3) is 0 Å². The molecular weight excluding hydrogens is 310 g/mol. The van der Waals surface area contributed by atoms with Crippen molar-refractivity contribution < 1.29 is 9.53 Å². The molecule has 1 aromatic heterocycles. The molecule has 3 rings (SSSR count). The van der Waals surface area contributed by atoms with Crippen LogP contribution >= 0.6 is 15.9 Å². The summed E-state index contributed by atoms with van der Waals surface area (Å²) < 4.78 is 6.78. The molecule has 6 heteroatoms. The number of amides is 2. The molecular formula is C13H10BrN3O2. The average Bonchev–Trinajstić information content (AvgIpc) is 2.38. The topological polar surface area (TPSA) is 63.2 Å². The molecule has 0 fully saturated rings. The van der Waals surface area contributed by atoms with Crippen molar-refractivity contribution in [3.63, 3.8) is 0 Å². The zero-order valence-electron chi connectivity index (χ0n) is 9.81. The standard InChI is InChI=1S/C13H10BrN3O2/c14-8-2-1-3-9(6-8)19-11-4-5-15-12-10(11)7-16-13(18)17-12/h1-6H,7H2,(H2,15,16,17,18). The number of carbonyl (C=O) groups is 1. The second kappa shape index (κ2) is 4.89. The number of urea groups is 1. The molecule has 0 bridgehead atoms. The van der Waals surface area contributed by atoms with Crippen LogP contribution in [0.4, 0.5) is 10.6 Å². The lowest BCUT2D eigenvalue weighted by atomic mass is 10.2. The normalized spacial score (nSPS) is 13.2. The smallest absolute Gasteiger partial charge is 0.320 e. The molecule has 2 N–H and O–H groups in total. The summed E-state index contributed by atoms with van der Waals surface area (Å²) in [6.45, 7) is 0.401. The fourth-order valence-electron chi connectivity index (χ4n) is 1.83. The number of fused-ring (bicyclic) bond motifs is 1. The SMILES string of the molecule is O=C1NCc2c(Oc3cccc(Br)c3)ccnc2N1.